The Kier molecular flexibility index (Phi) is 8.64. The molecule has 2 nitrogen and oxygen atoms in total. The summed E-state index contributed by atoms with van der Waals surface area (Å²) in [5, 5.41) is 0. The van der Waals surface area contributed by atoms with E-state index in [4.69, 9.17) is 0 Å². The summed E-state index contributed by atoms with van der Waals surface area (Å²) in [5.41, 5.74) is 5.51. The minimum atomic E-state index is 0. The largest absolute Gasteiger partial charge is 1.00 e. The standard InChI is InChI=1S/C20H30N2.BrH/c1-5-6-7-8-9-10-11-21-12-13-22(16-21)20-18(3)14-17(2)15-19(20)4;/h5,12-15H,1,6-11,16H2,2-4H3;1H. The van der Waals surface area contributed by atoms with E-state index in [0.717, 1.165) is 13.1 Å². The van der Waals surface area contributed by atoms with Crippen molar-refractivity contribution >= 4 is 5.69 Å². The molecule has 3 heteroatoms. The lowest BCUT2D eigenvalue weighted by Gasteiger charge is -2.21. The van der Waals surface area contributed by atoms with Crippen LogP contribution in [0.25, 0.3) is 0 Å². The summed E-state index contributed by atoms with van der Waals surface area (Å²) < 4.78 is 0. The Balaban J connectivity index is 0.00000264. The van der Waals surface area contributed by atoms with Crippen molar-refractivity contribution in [3.63, 3.8) is 0 Å². The van der Waals surface area contributed by atoms with Crippen molar-refractivity contribution in [2.24, 2.45) is 0 Å². The van der Waals surface area contributed by atoms with Gasteiger partial charge in [0.25, 0.3) is 0 Å². The van der Waals surface area contributed by atoms with Crippen molar-refractivity contribution in [1.29, 1.82) is 0 Å². The van der Waals surface area contributed by atoms with Gasteiger partial charge in [0.15, 0.2) is 6.67 Å². The van der Waals surface area contributed by atoms with Crippen LogP contribution >= 0.6 is 0 Å². The van der Waals surface area contributed by atoms with Gasteiger partial charge in [-0.15, -0.1) is 6.58 Å². The van der Waals surface area contributed by atoms with Crippen molar-refractivity contribution in [3.05, 3.63) is 53.9 Å². The summed E-state index contributed by atoms with van der Waals surface area (Å²) in [5.74, 6) is 0. The van der Waals surface area contributed by atoms with E-state index >= 15 is 0 Å². The SMILES string of the molecule is C=CCCCCCC[NH+]1C=CN(c2c(C)cc(C)cc2C)C1.[Br-]. The molecule has 1 N–H and O–H groups in total. The summed E-state index contributed by atoms with van der Waals surface area (Å²) in [7, 11) is 0. The van der Waals surface area contributed by atoms with Gasteiger partial charge in [0, 0.05) is 0 Å². The van der Waals surface area contributed by atoms with Gasteiger partial charge in [0.2, 0.25) is 0 Å². The van der Waals surface area contributed by atoms with Gasteiger partial charge in [-0.05, 0) is 57.6 Å². The van der Waals surface area contributed by atoms with Crippen molar-refractivity contribution in [2.45, 2.75) is 52.9 Å². The van der Waals surface area contributed by atoms with Gasteiger partial charge in [0.1, 0.15) is 6.20 Å². The number of aryl methyl sites for hydroxylation is 3. The molecule has 0 saturated heterocycles. The molecule has 0 fully saturated rings. The van der Waals surface area contributed by atoms with Gasteiger partial charge in [-0.3, -0.25) is 9.80 Å². The third-order valence-electron chi connectivity index (χ3n) is 4.44. The number of anilines is 1. The predicted octanol–water partition coefficient (Wildman–Crippen LogP) is 0.886. The van der Waals surface area contributed by atoms with E-state index in [1.54, 1.807) is 4.90 Å². The second-order valence-electron chi connectivity index (χ2n) is 6.59. The van der Waals surface area contributed by atoms with Crippen LogP contribution in [0.2, 0.25) is 0 Å². The number of halogens is 1. The topological polar surface area (TPSA) is 7.68 Å². The maximum absolute atomic E-state index is 3.78. The summed E-state index contributed by atoms with van der Waals surface area (Å²) >= 11 is 0. The van der Waals surface area contributed by atoms with E-state index in [9.17, 15) is 0 Å². The summed E-state index contributed by atoms with van der Waals surface area (Å²) in [6, 6.07) is 4.57. The second-order valence-corrected chi connectivity index (χ2v) is 6.59. The van der Waals surface area contributed by atoms with E-state index in [1.807, 2.05) is 6.08 Å². The molecule has 1 aliphatic heterocycles. The second kappa shape index (κ2) is 9.94. The highest BCUT2D eigenvalue weighted by Gasteiger charge is 2.20. The fourth-order valence-corrected chi connectivity index (χ4v) is 3.46. The third-order valence-corrected chi connectivity index (χ3v) is 4.44. The van der Waals surface area contributed by atoms with Crippen LogP contribution in [-0.2, 0) is 0 Å². The number of allylic oxidation sites excluding steroid dienone is 1. The molecule has 0 aromatic heterocycles. The zero-order chi connectivity index (χ0) is 15.9. The Morgan fingerprint density at radius 2 is 1.74 bits per heavy atom. The molecule has 1 atom stereocenters. The molecule has 0 radical (unpaired) electrons. The first-order valence-electron chi connectivity index (χ1n) is 8.60. The molecule has 1 unspecified atom stereocenters. The Bertz CT molecular complexity index is 513. The van der Waals surface area contributed by atoms with E-state index in [0.29, 0.717) is 0 Å². The van der Waals surface area contributed by atoms with Crippen LogP contribution in [0, 0.1) is 20.8 Å². The van der Waals surface area contributed by atoms with Gasteiger partial charge in [0.05, 0.1) is 18.4 Å². The minimum Gasteiger partial charge on any atom is -1.00 e. The van der Waals surface area contributed by atoms with E-state index in [-0.39, 0.29) is 17.0 Å². The Morgan fingerprint density at radius 1 is 1.09 bits per heavy atom. The van der Waals surface area contributed by atoms with E-state index in [2.05, 4.69) is 56.8 Å². The summed E-state index contributed by atoms with van der Waals surface area (Å²) in [6.45, 7) is 12.7. The lowest BCUT2D eigenvalue weighted by atomic mass is 10.0. The number of rotatable bonds is 8. The van der Waals surface area contributed by atoms with Crippen LogP contribution in [0.3, 0.4) is 0 Å². The zero-order valence-corrected chi connectivity index (χ0v) is 16.5. The first kappa shape index (κ1) is 20.0. The molecule has 1 heterocycles. The van der Waals surface area contributed by atoms with E-state index < -0.39 is 0 Å². The van der Waals surface area contributed by atoms with Crippen LogP contribution < -0.4 is 26.8 Å². The highest BCUT2D eigenvalue weighted by Crippen LogP contribution is 2.26. The molecule has 1 aromatic rings. The monoisotopic (exact) mass is 378 g/mol. The summed E-state index contributed by atoms with van der Waals surface area (Å²) in [6.07, 6.45) is 13.1. The fraction of sp³-hybridized carbons (Fsp3) is 0.500. The zero-order valence-electron chi connectivity index (χ0n) is 14.9. The van der Waals surface area contributed by atoms with Crippen LogP contribution in [0.15, 0.2) is 37.2 Å². The van der Waals surface area contributed by atoms with Gasteiger partial charge in [-0.1, -0.05) is 30.2 Å². The Morgan fingerprint density at radius 3 is 2.39 bits per heavy atom. The quantitative estimate of drug-likeness (QED) is 0.521. The molecule has 0 spiro atoms. The van der Waals surface area contributed by atoms with Crippen LogP contribution in [0.5, 0.6) is 0 Å². The van der Waals surface area contributed by atoms with Gasteiger partial charge >= 0.3 is 0 Å². The lowest BCUT2D eigenvalue weighted by Crippen LogP contribution is -3.07. The number of nitrogens with one attached hydrogen (secondary N) is 1. The first-order valence-corrected chi connectivity index (χ1v) is 8.60. The van der Waals surface area contributed by atoms with Crippen LogP contribution in [-0.4, -0.2) is 13.2 Å². The highest BCUT2D eigenvalue weighted by molar-refractivity contribution is 5.61. The molecule has 128 valence electrons. The Hall–Kier alpha value is -1.06. The van der Waals surface area contributed by atoms with Crippen LogP contribution in [0.1, 0.15) is 48.8 Å². The molecule has 1 aromatic carbocycles. The Labute approximate surface area is 152 Å². The lowest BCUT2D eigenvalue weighted by molar-refractivity contribution is -0.840. The van der Waals surface area contributed by atoms with Gasteiger partial charge in [-0.25, -0.2) is 0 Å². The molecule has 0 saturated carbocycles. The number of unbranched alkanes of at least 4 members (excludes halogenated alkanes) is 4. The van der Waals surface area contributed by atoms with Gasteiger partial charge < -0.3 is 17.0 Å². The van der Waals surface area contributed by atoms with Crippen molar-refractivity contribution in [1.82, 2.24) is 0 Å². The number of nitrogens with zero attached hydrogens (tertiary/aromatic N) is 1. The number of quaternary nitrogens is 1. The maximum atomic E-state index is 3.78. The molecule has 1 aliphatic rings. The van der Waals surface area contributed by atoms with Crippen molar-refractivity contribution < 1.29 is 21.9 Å². The number of benzene rings is 1. The number of hydrogen-bond donors (Lipinski definition) is 1. The fourth-order valence-electron chi connectivity index (χ4n) is 3.46. The maximum Gasteiger partial charge on any atom is 0.161 e. The highest BCUT2D eigenvalue weighted by atomic mass is 79.9. The molecule has 0 aliphatic carbocycles. The first-order chi connectivity index (χ1) is 10.6. The normalized spacial score (nSPS) is 16.5. The van der Waals surface area contributed by atoms with Gasteiger partial charge in [-0.2, -0.15) is 0 Å². The predicted molar refractivity (Wildman–Crippen MR) is 96.3 cm³/mol. The average molecular weight is 379 g/mol. The molecular formula is C20H31BrN2. The number of hydrogen-bond acceptors (Lipinski definition) is 1. The van der Waals surface area contributed by atoms with Crippen molar-refractivity contribution in [3.8, 4) is 0 Å². The van der Waals surface area contributed by atoms with Crippen LogP contribution in [0.4, 0.5) is 5.69 Å². The molecular weight excluding hydrogens is 348 g/mol. The third kappa shape index (κ3) is 5.82. The average Bonchev–Trinajstić information content (AvgIpc) is 2.90. The molecule has 2 rings (SSSR count). The summed E-state index contributed by atoms with van der Waals surface area (Å²) in [4.78, 5) is 3.99. The minimum absolute atomic E-state index is 0. The van der Waals surface area contributed by atoms with E-state index in [1.165, 1.54) is 54.6 Å². The molecule has 0 amide bonds. The molecule has 23 heavy (non-hydrogen) atoms. The smallest absolute Gasteiger partial charge is 0.161 e. The molecule has 0 bridgehead atoms. The van der Waals surface area contributed by atoms with Crippen molar-refractivity contribution in [2.75, 3.05) is 18.1 Å².